The Bertz CT molecular complexity index is 151. The summed E-state index contributed by atoms with van der Waals surface area (Å²) in [6, 6.07) is 0. The van der Waals surface area contributed by atoms with Crippen molar-refractivity contribution in [2.75, 3.05) is 0 Å². The van der Waals surface area contributed by atoms with Gasteiger partial charge in [0.05, 0.1) is 0 Å². The number of carbonyl (C=O) groups excluding carboxylic acids is 1. The van der Waals surface area contributed by atoms with Gasteiger partial charge in [0.2, 0.25) is 0 Å². The van der Waals surface area contributed by atoms with Crippen molar-refractivity contribution in [3.05, 3.63) is 0 Å². The van der Waals surface area contributed by atoms with Gasteiger partial charge in [0.1, 0.15) is 6.10 Å². The molecular weight excluding hydrogens is 192 g/mol. The van der Waals surface area contributed by atoms with E-state index in [1.807, 2.05) is 0 Å². The molecule has 1 fully saturated rings. The fourth-order valence-corrected chi connectivity index (χ4v) is 1.89. The second-order valence-corrected chi connectivity index (χ2v) is 3.66. The molecule has 0 atom stereocenters. The molecule has 1 aliphatic rings. The Morgan fingerprint density at radius 3 is 2.23 bits per heavy atom. The van der Waals surface area contributed by atoms with Crippen LogP contribution in [0.15, 0.2) is 0 Å². The van der Waals surface area contributed by atoms with Crippen LogP contribution in [-0.4, -0.2) is 49.8 Å². The van der Waals surface area contributed by atoms with Crippen molar-refractivity contribution in [3.8, 4) is 0 Å². The predicted molar refractivity (Wildman–Crippen MR) is 53.6 cm³/mol. The van der Waals surface area contributed by atoms with Gasteiger partial charge >= 0.3 is 5.97 Å². The van der Waals surface area contributed by atoms with Crippen LogP contribution in [0, 0.1) is 5.92 Å². The van der Waals surface area contributed by atoms with E-state index < -0.39 is 0 Å². The van der Waals surface area contributed by atoms with Crippen LogP contribution < -0.4 is 0 Å². The number of carbonyl (C=O) groups is 1. The Kier molecular flexibility index (Phi) is 7.48. The summed E-state index contributed by atoms with van der Waals surface area (Å²) in [6.45, 7) is 3.72. The van der Waals surface area contributed by atoms with Crippen molar-refractivity contribution in [2.24, 2.45) is 5.92 Å². The van der Waals surface area contributed by atoms with Crippen molar-refractivity contribution >= 4 is 43.7 Å². The average Bonchev–Trinajstić information content (AvgIpc) is 2.05. The largest absolute Gasteiger partial charge is 0.463 e. The molecule has 1 rings (SSSR count). The van der Waals surface area contributed by atoms with Crippen molar-refractivity contribution < 1.29 is 9.53 Å². The standard InChI is InChI=1S/C10H18O2.Ca/c1-3-9-4-6-10(7-5-9)12-8(2)11;/h9-10H,3-7H2,1-2H3;. The van der Waals surface area contributed by atoms with E-state index in [2.05, 4.69) is 6.92 Å². The number of hydrogen-bond acceptors (Lipinski definition) is 2. The minimum absolute atomic E-state index is 0. The van der Waals surface area contributed by atoms with Crippen molar-refractivity contribution in [1.82, 2.24) is 0 Å². The molecule has 0 N–H and O–H groups in total. The molecule has 72 valence electrons. The first-order valence-electron chi connectivity index (χ1n) is 4.89. The fraction of sp³-hybridized carbons (Fsp3) is 0.900. The third-order valence-corrected chi connectivity index (χ3v) is 2.70. The van der Waals surface area contributed by atoms with Gasteiger partial charge in [-0.3, -0.25) is 4.79 Å². The van der Waals surface area contributed by atoms with Gasteiger partial charge in [-0.25, -0.2) is 0 Å². The molecule has 2 nitrogen and oxygen atoms in total. The molecule has 1 saturated carbocycles. The minimum atomic E-state index is -0.130. The summed E-state index contributed by atoms with van der Waals surface area (Å²) < 4.78 is 5.15. The van der Waals surface area contributed by atoms with Crippen LogP contribution in [0.5, 0.6) is 0 Å². The molecule has 0 spiro atoms. The summed E-state index contributed by atoms with van der Waals surface area (Å²) >= 11 is 0. The smallest absolute Gasteiger partial charge is 0.302 e. The van der Waals surface area contributed by atoms with E-state index in [1.54, 1.807) is 0 Å². The first-order valence-corrected chi connectivity index (χ1v) is 4.89. The zero-order valence-electron chi connectivity index (χ0n) is 8.71. The average molecular weight is 210 g/mol. The van der Waals surface area contributed by atoms with Crippen LogP contribution >= 0.6 is 0 Å². The molecule has 0 aromatic heterocycles. The number of esters is 1. The van der Waals surface area contributed by atoms with Crippen LogP contribution in [0.2, 0.25) is 0 Å². The maximum absolute atomic E-state index is 10.6. The third-order valence-electron chi connectivity index (χ3n) is 2.70. The summed E-state index contributed by atoms with van der Waals surface area (Å²) in [4.78, 5) is 10.6. The third kappa shape index (κ3) is 5.24. The van der Waals surface area contributed by atoms with Crippen molar-refractivity contribution in [3.63, 3.8) is 0 Å². The molecule has 0 bridgehead atoms. The maximum atomic E-state index is 10.6. The Labute approximate surface area is 110 Å². The van der Waals surface area contributed by atoms with Gasteiger partial charge in [-0.1, -0.05) is 13.3 Å². The van der Waals surface area contributed by atoms with Gasteiger partial charge in [0.25, 0.3) is 0 Å². The van der Waals surface area contributed by atoms with E-state index in [1.165, 1.54) is 26.2 Å². The van der Waals surface area contributed by atoms with Crippen LogP contribution in [0.4, 0.5) is 0 Å². The Morgan fingerprint density at radius 2 is 1.85 bits per heavy atom. The molecule has 0 saturated heterocycles. The van der Waals surface area contributed by atoms with E-state index in [4.69, 9.17) is 4.74 Å². The van der Waals surface area contributed by atoms with Crippen LogP contribution in [0.1, 0.15) is 46.0 Å². The molecule has 1 aliphatic carbocycles. The first kappa shape index (κ1) is 13.7. The van der Waals surface area contributed by atoms with E-state index in [9.17, 15) is 4.79 Å². The summed E-state index contributed by atoms with van der Waals surface area (Å²) in [7, 11) is 0. The Balaban J connectivity index is 0.00000144. The van der Waals surface area contributed by atoms with E-state index in [-0.39, 0.29) is 49.8 Å². The molecule has 0 heterocycles. The molecule has 0 unspecified atom stereocenters. The quantitative estimate of drug-likeness (QED) is 0.515. The van der Waals surface area contributed by atoms with Gasteiger partial charge in [0, 0.05) is 44.7 Å². The molecular formula is C10H18CaO2. The van der Waals surface area contributed by atoms with Gasteiger partial charge in [-0.15, -0.1) is 0 Å². The second-order valence-electron chi connectivity index (χ2n) is 3.66. The van der Waals surface area contributed by atoms with Gasteiger partial charge in [0.15, 0.2) is 0 Å². The predicted octanol–water partition coefficient (Wildman–Crippen LogP) is 2.14. The maximum Gasteiger partial charge on any atom is 0.302 e. The molecule has 3 heteroatoms. The van der Waals surface area contributed by atoms with Crippen LogP contribution in [0.25, 0.3) is 0 Å². The minimum Gasteiger partial charge on any atom is -0.463 e. The summed E-state index contributed by atoms with van der Waals surface area (Å²) in [5, 5.41) is 0. The van der Waals surface area contributed by atoms with Gasteiger partial charge in [-0.2, -0.15) is 0 Å². The van der Waals surface area contributed by atoms with Crippen LogP contribution in [0.3, 0.4) is 0 Å². The molecule has 0 aliphatic heterocycles. The normalized spacial score (nSPS) is 27.5. The second kappa shape index (κ2) is 7.08. The van der Waals surface area contributed by atoms with Crippen molar-refractivity contribution in [1.29, 1.82) is 0 Å². The Hall–Kier alpha value is 0.730. The van der Waals surface area contributed by atoms with Gasteiger partial charge in [-0.05, 0) is 31.6 Å². The molecule has 0 aromatic carbocycles. The van der Waals surface area contributed by atoms with Crippen molar-refractivity contribution in [2.45, 2.75) is 52.1 Å². The SMILES string of the molecule is CCC1CCC(OC(C)=O)CC1.[Ca]. The first-order chi connectivity index (χ1) is 5.72. The topological polar surface area (TPSA) is 26.3 Å². The number of rotatable bonds is 2. The van der Waals surface area contributed by atoms with Gasteiger partial charge < -0.3 is 4.74 Å². The van der Waals surface area contributed by atoms with E-state index >= 15 is 0 Å². The van der Waals surface area contributed by atoms with E-state index in [0.717, 1.165) is 18.8 Å². The number of hydrogen-bond donors (Lipinski definition) is 0. The van der Waals surface area contributed by atoms with E-state index in [0.29, 0.717) is 0 Å². The fourth-order valence-electron chi connectivity index (χ4n) is 1.89. The monoisotopic (exact) mass is 210 g/mol. The zero-order valence-corrected chi connectivity index (χ0v) is 10.9. The zero-order chi connectivity index (χ0) is 8.97. The Morgan fingerprint density at radius 1 is 1.31 bits per heavy atom. The van der Waals surface area contributed by atoms with Crippen LogP contribution in [-0.2, 0) is 9.53 Å². The molecule has 13 heavy (non-hydrogen) atoms. The molecule has 0 aromatic rings. The molecule has 2 radical (unpaired) electrons. The summed E-state index contributed by atoms with van der Waals surface area (Å²) in [6.07, 6.45) is 6.08. The summed E-state index contributed by atoms with van der Waals surface area (Å²) in [5.74, 6) is 0.742. The summed E-state index contributed by atoms with van der Waals surface area (Å²) in [5.41, 5.74) is 0. The molecule has 0 amide bonds. The number of ether oxygens (including phenoxy) is 1.